The minimum Gasteiger partial charge on any atom is -0.489 e. The van der Waals surface area contributed by atoms with Crippen LogP contribution >= 0.6 is 0 Å². The number of anilines is 2. The fourth-order valence-electron chi connectivity index (χ4n) is 2.69. The highest BCUT2D eigenvalue weighted by molar-refractivity contribution is 5.93. The van der Waals surface area contributed by atoms with Crippen LogP contribution in [0, 0.1) is 0 Å². The van der Waals surface area contributed by atoms with Crippen molar-refractivity contribution < 1.29 is 9.53 Å². The molecule has 0 aliphatic rings. The third kappa shape index (κ3) is 6.60. The van der Waals surface area contributed by atoms with Gasteiger partial charge in [0.15, 0.2) is 0 Å². The number of rotatable bonds is 10. The molecule has 1 aromatic heterocycles. The van der Waals surface area contributed by atoms with Gasteiger partial charge in [-0.3, -0.25) is 4.79 Å². The number of hydrogen-bond donors (Lipinski definition) is 2. The van der Waals surface area contributed by atoms with Gasteiger partial charge in [0, 0.05) is 24.6 Å². The third-order valence-electron chi connectivity index (χ3n) is 4.34. The summed E-state index contributed by atoms with van der Waals surface area (Å²) in [6.07, 6.45) is 6.27. The van der Waals surface area contributed by atoms with E-state index in [1.165, 1.54) is 12.4 Å². The minimum atomic E-state index is -0.146. The topological polar surface area (TPSA) is 76.1 Å². The number of benzene rings is 2. The second kappa shape index (κ2) is 10.8. The molecule has 0 radical (unpaired) electrons. The summed E-state index contributed by atoms with van der Waals surface area (Å²) in [5, 5.41) is 6.00. The predicted molar refractivity (Wildman–Crippen MR) is 114 cm³/mol. The van der Waals surface area contributed by atoms with Crippen LogP contribution in [0.4, 0.5) is 11.6 Å². The lowest BCUT2D eigenvalue weighted by Gasteiger charge is -2.09. The molecule has 6 heteroatoms. The number of nitrogens with one attached hydrogen (secondary N) is 2. The maximum absolute atomic E-state index is 12.1. The second-order valence-electron chi connectivity index (χ2n) is 6.68. The van der Waals surface area contributed by atoms with Gasteiger partial charge in [-0.1, -0.05) is 50.1 Å². The molecule has 0 fully saturated rings. The van der Waals surface area contributed by atoms with Crippen LogP contribution in [0.2, 0.25) is 0 Å². The molecule has 3 aromatic rings. The number of carbonyl (C=O) groups excluding carboxylic acids is 1. The van der Waals surface area contributed by atoms with Crippen LogP contribution in [0.15, 0.2) is 67.0 Å². The van der Waals surface area contributed by atoms with Gasteiger partial charge in [0.05, 0.1) is 5.56 Å². The molecule has 0 aliphatic carbocycles. The Labute approximate surface area is 171 Å². The largest absolute Gasteiger partial charge is 0.489 e. The molecule has 2 aromatic carbocycles. The molecule has 0 aliphatic heterocycles. The van der Waals surface area contributed by atoms with Gasteiger partial charge < -0.3 is 15.4 Å². The van der Waals surface area contributed by atoms with Gasteiger partial charge >= 0.3 is 0 Å². The van der Waals surface area contributed by atoms with Crippen LogP contribution < -0.4 is 15.4 Å². The number of aromatic nitrogens is 2. The molecule has 2 N–H and O–H groups in total. The Hall–Kier alpha value is -3.41. The molecule has 3 rings (SSSR count). The third-order valence-corrected chi connectivity index (χ3v) is 4.34. The molecule has 1 heterocycles. The summed E-state index contributed by atoms with van der Waals surface area (Å²) in [5.74, 6) is 1.08. The van der Waals surface area contributed by atoms with Crippen molar-refractivity contribution >= 4 is 17.5 Å². The van der Waals surface area contributed by atoms with Crippen LogP contribution in [0.5, 0.6) is 5.75 Å². The maximum atomic E-state index is 12.1. The van der Waals surface area contributed by atoms with E-state index in [9.17, 15) is 4.79 Å². The van der Waals surface area contributed by atoms with Gasteiger partial charge in [-0.25, -0.2) is 9.97 Å². The van der Waals surface area contributed by atoms with Gasteiger partial charge in [-0.2, -0.15) is 0 Å². The van der Waals surface area contributed by atoms with Crippen molar-refractivity contribution in [3.8, 4) is 5.75 Å². The van der Waals surface area contributed by atoms with E-state index in [2.05, 4.69) is 27.5 Å². The fraction of sp³-hybridized carbons (Fsp3) is 0.261. The number of amides is 1. The van der Waals surface area contributed by atoms with Crippen LogP contribution in [0.3, 0.4) is 0 Å². The van der Waals surface area contributed by atoms with Crippen molar-refractivity contribution in [1.29, 1.82) is 0 Å². The smallest absolute Gasteiger partial charge is 0.254 e. The Bertz CT molecular complexity index is 881. The van der Waals surface area contributed by atoms with Crippen molar-refractivity contribution in [2.24, 2.45) is 0 Å². The molecule has 0 bridgehead atoms. The highest BCUT2D eigenvalue weighted by Crippen LogP contribution is 2.19. The van der Waals surface area contributed by atoms with E-state index < -0.39 is 0 Å². The molecule has 0 saturated carbocycles. The average Bonchev–Trinajstić information content (AvgIpc) is 2.77. The highest BCUT2D eigenvalue weighted by atomic mass is 16.5. The van der Waals surface area contributed by atoms with Crippen LogP contribution in [0.25, 0.3) is 0 Å². The van der Waals surface area contributed by atoms with Crippen molar-refractivity contribution in [2.75, 3.05) is 11.9 Å². The molecule has 150 valence electrons. The lowest BCUT2D eigenvalue weighted by atomic mass is 10.2. The van der Waals surface area contributed by atoms with E-state index in [4.69, 9.17) is 4.74 Å². The first kappa shape index (κ1) is 20.3. The number of carbonyl (C=O) groups is 1. The van der Waals surface area contributed by atoms with Crippen LogP contribution in [-0.4, -0.2) is 22.4 Å². The Morgan fingerprint density at radius 2 is 1.69 bits per heavy atom. The molecular weight excluding hydrogens is 364 g/mol. The second-order valence-corrected chi connectivity index (χ2v) is 6.68. The predicted octanol–water partition coefficient (Wildman–Crippen LogP) is 4.72. The first-order valence-electron chi connectivity index (χ1n) is 9.88. The Kier molecular flexibility index (Phi) is 7.57. The molecule has 0 saturated heterocycles. The van der Waals surface area contributed by atoms with Gasteiger partial charge in [0.1, 0.15) is 12.4 Å². The van der Waals surface area contributed by atoms with E-state index in [0.29, 0.717) is 24.7 Å². The molecule has 0 unspecified atom stereocenters. The Balaban J connectivity index is 1.49. The van der Waals surface area contributed by atoms with Gasteiger partial charge in [-0.05, 0) is 36.2 Å². The Morgan fingerprint density at radius 1 is 0.966 bits per heavy atom. The molecule has 1 amide bonds. The van der Waals surface area contributed by atoms with E-state index in [1.807, 2.05) is 54.6 Å². The fourth-order valence-corrected chi connectivity index (χ4v) is 2.69. The monoisotopic (exact) mass is 390 g/mol. The zero-order chi connectivity index (χ0) is 20.3. The number of nitrogens with zero attached hydrogens (tertiary/aromatic N) is 2. The van der Waals surface area contributed by atoms with E-state index in [-0.39, 0.29) is 5.91 Å². The van der Waals surface area contributed by atoms with Gasteiger partial charge in [-0.15, -0.1) is 0 Å². The number of hydrogen-bond acceptors (Lipinski definition) is 5. The van der Waals surface area contributed by atoms with Crippen molar-refractivity contribution in [3.63, 3.8) is 0 Å². The van der Waals surface area contributed by atoms with Gasteiger partial charge in [0.25, 0.3) is 5.91 Å². The van der Waals surface area contributed by atoms with Crippen molar-refractivity contribution in [2.45, 2.75) is 32.8 Å². The van der Waals surface area contributed by atoms with Crippen LogP contribution in [0.1, 0.15) is 42.1 Å². The summed E-state index contributed by atoms with van der Waals surface area (Å²) in [5.41, 5.74) is 2.42. The van der Waals surface area contributed by atoms with Crippen LogP contribution in [-0.2, 0) is 6.61 Å². The SMILES string of the molecule is CCCCCNC(=O)c1cnc(Nc2ccc(OCc3ccccc3)cc2)nc1. The van der Waals surface area contributed by atoms with E-state index >= 15 is 0 Å². The molecule has 0 atom stereocenters. The quantitative estimate of drug-likeness (QED) is 0.490. The van der Waals surface area contributed by atoms with Gasteiger partial charge in [0.2, 0.25) is 5.95 Å². The first-order valence-corrected chi connectivity index (χ1v) is 9.88. The first-order chi connectivity index (χ1) is 14.2. The van der Waals surface area contributed by atoms with Crippen molar-refractivity contribution in [1.82, 2.24) is 15.3 Å². The molecule has 29 heavy (non-hydrogen) atoms. The summed E-state index contributed by atoms with van der Waals surface area (Å²) in [7, 11) is 0. The minimum absolute atomic E-state index is 0.146. The number of unbranched alkanes of at least 4 members (excludes halogenated alkanes) is 2. The summed E-state index contributed by atoms with van der Waals surface area (Å²) in [6.45, 7) is 3.33. The zero-order valence-electron chi connectivity index (χ0n) is 16.6. The Morgan fingerprint density at radius 3 is 2.38 bits per heavy atom. The summed E-state index contributed by atoms with van der Waals surface area (Å²) < 4.78 is 5.78. The summed E-state index contributed by atoms with van der Waals surface area (Å²) in [6, 6.07) is 17.6. The average molecular weight is 390 g/mol. The lowest BCUT2D eigenvalue weighted by molar-refractivity contribution is 0.0952. The van der Waals surface area contributed by atoms with Crippen molar-refractivity contribution in [3.05, 3.63) is 78.1 Å². The molecule has 6 nitrogen and oxygen atoms in total. The normalized spacial score (nSPS) is 10.4. The number of ether oxygens (including phenoxy) is 1. The van der Waals surface area contributed by atoms with E-state index in [1.54, 1.807) is 0 Å². The molecule has 0 spiro atoms. The molecular formula is C23H26N4O2. The lowest BCUT2D eigenvalue weighted by Crippen LogP contribution is -2.24. The summed E-state index contributed by atoms with van der Waals surface area (Å²) in [4.78, 5) is 20.5. The van der Waals surface area contributed by atoms with E-state index in [0.717, 1.165) is 36.3 Å². The highest BCUT2D eigenvalue weighted by Gasteiger charge is 2.07. The standard InChI is InChI=1S/C23H26N4O2/c1-2-3-7-14-24-22(28)19-15-25-23(26-16-19)27-20-10-12-21(13-11-20)29-17-18-8-5-4-6-9-18/h4-6,8-13,15-16H,2-3,7,14,17H2,1H3,(H,24,28)(H,25,26,27). The zero-order valence-corrected chi connectivity index (χ0v) is 16.6. The summed E-state index contributed by atoms with van der Waals surface area (Å²) >= 11 is 0. The maximum Gasteiger partial charge on any atom is 0.254 e.